The zero-order chi connectivity index (χ0) is 21.7. The van der Waals surface area contributed by atoms with E-state index >= 15 is 0 Å². The SMILES string of the molecule is O=C(CCSCc1nc2sc3c(c2c(=O)[nH]1)CCC3)Nc1ccc2oc(C3CC3)nc2c1. The smallest absolute Gasteiger partial charge is 0.259 e. The van der Waals surface area contributed by atoms with E-state index in [2.05, 4.69) is 20.3 Å². The zero-order valence-corrected chi connectivity index (χ0v) is 19.0. The van der Waals surface area contributed by atoms with Crippen molar-refractivity contribution in [2.75, 3.05) is 11.1 Å². The van der Waals surface area contributed by atoms with Crippen molar-refractivity contribution < 1.29 is 9.21 Å². The largest absolute Gasteiger partial charge is 0.440 e. The Morgan fingerprint density at radius 2 is 2.19 bits per heavy atom. The van der Waals surface area contributed by atoms with Crippen LogP contribution in [-0.4, -0.2) is 26.6 Å². The first-order chi connectivity index (χ1) is 15.6. The van der Waals surface area contributed by atoms with Gasteiger partial charge < -0.3 is 14.7 Å². The molecule has 0 atom stereocenters. The minimum Gasteiger partial charge on any atom is -0.440 e. The first kappa shape index (κ1) is 20.0. The Balaban J connectivity index is 1.03. The number of H-pyrrole nitrogens is 1. The third-order valence-corrected chi connectivity index (χ3v) is 8.11. The second-order valence-electron chi connectivity index (χ2n) is 8.41. The van der Waals surface area contributed by atoms with E-state index in [4.69, 9.17) is 4.42 Å². The number of nitrogens with zero attached hydrogens (tertiary/aromatic N) is 2. The van der Waals surface area contributed by atoms with Crippen molar-refractivity contribution >= 4 is 56.0 Å². The van der Waals surface area contributed by atoms with Crippen LogP contribution >= 0.6 is 23.1 Å². The number of nitrogens with one attached hydrogen (secondary N) is 2. The predicted molar refractivity (Wildman–Crippen MR) is 128 cm³/mol. The molecule has 7 nitrogen and oxygen atoms in total. The Bertz CT molecular complexity index is 1400. The van der Waals surface area contributed by atoms with E-state index in [9.17, 15) is 9.59 Å². The summed E-state index contributed by atoms with van der Waals surface area (Å²) in [5.74, 6) is 3.12. The number of oxazole rings is 1. The monoisotopic (exact) mass is 466 g/mol. The van der Waals surface area contributed by atoms with Gasteiger partial charge in [-0.15, -0.1) is 11.3 Å². The minimum atomic E-state index is -0.0469. The van der Waals surface area contributed by atoms with E-state index < -0.39 is 0 Å². The van der Waals surface area contributed by atoms with Crippen molar-refractivity contribution in [1.29, 1.82) is 0 Å². The number of anilines is 1. The average Bonchev–Trinajstić information content (AvgIpc) is 3.21. The molecule has 4 aromatic rings. The summed E-state index contributed by atoms with van der Waals surface area (Å²) in [5.41, 5.74) is 3.43. The van der Waals surface area contributed by atoms with Crippen molar-refractivity contribution in [3.05, 3.63) is 50.7 Å². The van der Waals surface area contributed by atoms with Crippen LogP contribution in [0.2, 0.25) is 0 Å². The molecular formula is C23H22N4O3S2. The number of hydrogen-bond donors (Lipinski definition) is 2. The Kier molecular flexibility index (Phi) is 5.02. The molecule has 6 rings (SSSR count). The quantitative estimate of drug-likeness (QED) is 0.381. The maximum atomic E-state index is 12.5. The molecular weight excluding hydrogens is 444 g/mol. The summed E-state index contributed by atoms with van der Waals surface area (Å²) in [6.45, 7) is 0. The fourth-order valence-electron chi connectivity index (χ4n) is 4.20. The maximum absolute atomic E-state index is 12.5. The van der Waals surface area contributed by atoms with Gasteiger partial charge in [0.05, 0.1) is 11.1 Å². The normalized spacial score (nSPS) is 15.5. The second kappa shape index (κ2) is 8.04. The predicted octanol–water partition coefficient (Wildman–Crippen LogP) is 4.75. The number of aromatic nitrogens is 3. The number of aryl methyl sites for hydroxylation is 2. The van der Waals surface area contributed by atoms with Crippen LogP contribution in [0.4, 0.5) is 5.69 Å². The van der Waals surface area contributed by atoms with Gasteiger partial charge in [0.1, 0.15) is 16.2 Å². The van der Waals surface area contributed by atoms with Crippen LogP contribution in [0, 0.1) is 0 Å². The van der Waals surface area contributed by atoms with Crippen LogP contribution in [0.1, 0.15) is 53.8 Å². The van der Waals surface area contributed by atoms with Gasteiger partial charge in [-0.2, -0.15) is 11.8 Å². The molecule has 0 bridgehead atoms. The third-order valence-electron chi connectivity index (χ3n) is 5.95. The molecule has 1 aromatic carbocycles. The molecule has 1 amide bonds. The van der Waals surface area contributed by atoms with Crippen LogP contribution in [0.15, 0.2) is 27.4 Å². The highest BCUT2D eigenvalue weighted by Crippen LogP contribution is 2.40. The summed E-state index contributed by atoms with van der Waals surface area (Å²) < 4.78 is 5.77. The van der Waals surface area contributed by atoms with E-state index in [1.165, 1.54) is 10.4 Å². The summed E-state index contributed by atoms with van der Waals surface area (Å²) >= 11 is 3.24. The van der Waals surface area contributed by atoms with Gasteiger partial charge in [0.15, 0.2) is 11.5 Å². The molecule has 3 aromatic heterocycles. The lowest BCUT2D eigenvalue weighted by molar-refractivity contribution is -0.115. The molecule has 2 aliphatic carbocycles. The number of rotatable bonds is 7. The summed E-state index contributed by atoms with van der Waals surface area (Å²) in [5, 5.41) is 3.72. The van der Waals surface area contributed by atoms with Crippen LogP contribution < -0.4 is 10.9 Å². The number of carbonyl (C=O) groups is 1. The van der Waals surface area contributed by atoms with Gasteiger partial charge in [0, 0.05) is 28.7 Å². The van der Waals surface area contributed by atoms with Crippen molar-refractivity contribution in [2.24, 2.45) is 0 Å². The highest BCUT2D eigenvalue weighted by Gasteiger charge is 2.29. The molecule has 164 valence electrons. The van der Waals surface area contributed by atoms with Gasteiger partial charge in [0.2, 0.25) is 5.91 Å². The number of amides is 1. The van der Waals surface area contributed by atoms with Gasteiger partial charge in [-0.3, -0.25) is 9.59 Å². The molecule has 1 saturated carbocycles. The molecule has 0 spiro atoms. The fourth-order valence-corrected chi connectivity index (χ4v) is 6.29. The zero-order valence-electron chi connectivity index (χ0n) is 17.4. The fraction of sp³-hybridized carbons (Fsp3) is 0.391. The van der Waals surface area contributed by atoms with E-state index in [0.717, 1.165) is 65.0 Å². The van der Waals surface area contributed by atoms with E-state index in [1.54, 1.807) is 23.1 Å². The molecule has 9 heteroatoms. The van der Waals surface area contributed by atoms with Gasteiger partial charge in [0.25, 0.3) is 5.56 Å². The standard InChI is InChI=1S/C23H22N4O3S2/c28-19(24-13-6-7-16-15(10-13)25-22(30-16)12-4-5-12)8-9-31-11-18-26-21(29)20-14-2-1-3-17(14)32-23(20)27-18/h6-7,10,12H,1-5,8-9,11H2,(H,24,28)(H,26,27,29). The summed E-state index contributed by atoms with van der Waals surface area (Å²) in [7, 11) is 0. The van der Waals surface area contributed by atoms with Crippen molar-refractivity contribution in [1.82, 2.24) is 15.0 Å². The Morgan fingerprint density at radius 1 is 1.28 bits per heavy atom. The number of thioether (sulfide) groups is 1. The first-order valence-electron chi connectivity index (χ1n) is 11.0. The first-order valence-corrected chi connectivity index (χ1v) is 12.9. The summed E-state index contributed by atoms with van der Waals surface area (Å²) in [6.07, 6.45) is 5.83. The molecule has 0 saturated heterocycles. The van der Waals surface area contributed by atoms with E-state index in [0.29, 0.717) is 29.7 Å². The van der Waals surface area contributed by atoms with Crippen LogP contribution in [-0.2, 0) is 23.4 Å². The molecule has 0 radical (unpaired) electrons. The highest BCUT2D eigenvalue weighted by atomic mass is 32.2. The Labute approximate surface area is 192 Å². The number of hydrogen-bond acceptors (Lipinski definition) is 7. The summed E-state index contributed by atoms with van der Waals surface area (Å²) in [6, 6.07) is 5.56. The Morgan fingerprint density at radius 3 is 3.06 bits per heavy atom. The van der Waals surface area contributed by atoms with Crippen LogP contribution in [0.3, 0.4) is 0 Å². The molecule has 0 aliphatic heterocycles. The lowest BCUT2D eigenvalue weighted by atomic mass is 10.2. The topological polar surface area (TPSA) is 101 Å². The molecule has 2 N–H and O–H groups in total. The lowest BCUT2D eigenvalue weighted by Crippen LogP contribution is -2.13. The van der Waals surface area contributed by atoms with E-state index in [1.807, 2.05) is 18.2 Å². The number of carbonyl (C=O) groups excluding carboxylic acids is 1. The van der Waals surface area contributed by atoms with Gasteiger partial charge in [-0.1, -0.05) is 0 Å². The van der Waals surface area contributed by atoms with Crippen LogP contribution in [0.5, 0.6) is 0 Å². The van der Waals surface area contributed by atoms with Gasteiger partial charge >= 0.3 is 0 Å². The molecule has 2 aliphatic rings. The van der Waals surface area contributed by atoms with Crippen molar-refractivity contribution in [3.8, 4) is 0 Å². The molecule has 0 unspecified atom stereocenters. The second-order valence-corrected chi connectivity index (χ2v) is 10.6. The van der Waals surface area contributed by atoms with Crippen molar-refractivity contribution in [2.45, 2.75) is 50.2 Å². The van der Waals surface area contributed by atoms with Crippen LogP contribution in [0.25, 0.3) is 21.3 Å². The van der Waals surface area contributed by atoms with Gasteiger partial charge in [-0.25, -0.2) is 9.97 Å². The number of fused-ring (bicyclic) bond motifs is 4. The Hall–Kier alpha value is -2.65. The molecule has 3 heterocycles. The molecule has 1 fully saturated rings. The summed E-state index contributed by atoms with van der Waals surface area (Å²) in [4.78, 5) is 39.2. The highest BCUT2D eigenvalue weighted by molar-refractivity contribution is 7.98. The number of aromatic amines is 1. The number of thiophene rings is 1. The minimum absolute atomic E-state index is 0.0316. The maximum Gasteiger partial charge on any atom is 0.259 e. The average molecular weight is 467 g/mol. The van der Waals surface area contributed by atoms with E-state index in [-0.39, 0.29) is 11.5 Å². The van der Waals surface area contributed by atoms with Gasteiger partial charge in [-0.05, 0) is 55.9 Å². The van der Waals surface area contributed by atoms with Crippen molar-refractivity contribution in [3.63, 3.8) is 0 Å². The number of benzene rings is 1. The lowest BCUT2D eigenvalue weighted by Gasteiger charge is -2.05. The third kappa shape index (κ3) is 3.84. The molecule has 32 heavy (non-hydrogen) atoms.